The van der Waals surface area contributed by atoms with E-state index in [0.29, 0.717) is 0 Å². The third-order valence-corrected chi connectivity index (χ3v) is 8.58. The number of aryl methyl sites for hydroxylation is 3. The van der Waals surface area contributed by atoms with Crippen molar-refractivity contribution in [1.82, 2.24) is 29.9 Å². The van der Waals surface area contributed by atoms with E-state index < -0.39 is 6.43 Å². The Morgan fingerprint density at radius 1 is 1.18 bits per heavy atom. The van der Waals surface area contributed by atoms with Crippen LogP contribution < -0.4 is 10.2 Å². The highest BCUT2D eigenvalue weighted by Gasteiger charge is 2.54. The number of fused-ring (bicyclic) bond motifs is 4. The summed E-state index contributed by atoms with van der Waals surface area (Å²) in [4.78, 5) is 7.11. The van der Waals surface area contributed by atoms with Gasteiger partial charge in [0, 0.05) is 55.6 Å². The minimum Gasteiger partial charge on any atom is -0.366 e. The predicted molar refractivity (Wildman–Crippen MR) is 127 cm³/mol. The van der Waals surface area contributed by atoms with Crippen LogP contribution in [0.4, 0.5) is 14.5 Å². The lowest BCUT2D eigenvalue weighted by Crippen LogP contribution is -2.43. The largest absolute Gasteiger partial charge is 0.366 e. The van der Waals surface area contributed by atoms with Crippen LogP contribution in [0.15, 0.2) is 12.3 Å². The Balaban J connectivity index is 1.24. The number of hydrogen-bond donors (Lipinski definition) is 1. The smallest absolute Gasteiger partial charge is 0.250 e. The summed E-state index contributed by atoms with van der Waals surface area (Å²) in [5.74, 6) is 0. The second-order valence-electron chi connectivity index (χ2n) is 10.9. The van der Waals surface area contributed by atoms with Crippen molar-refractivity contribution >= 4 is 16.7 Å². The van der Waals surface area contributed by atoms with Gasteiger partial charge in [0.2, 0.25) is 0 Å². The Morgan fingerprint density at radius 3 is 2.74 bits per heavy atom. The molecule has 9 heteroatoms. The first-order valence-electron chi connectivity index (χ1n) is 12.4. The molecule has 2 bridgehead atoms. The Labute approximate surface area is 198 Å². The molecule has 0 aromatic carbocycles. The summed E-state index contributed by atoms with van der Waals surface area (Å²) in [6, 6.07) is 2.16. The van der Waals surface area contributed by atoms with Crippen molar-refractivity contribution < 1.29 is 8.78 Å². The Hall–Kier alpha value is -2.55. The van der Waals surface area contributed by atoms with E-state index >= 15 is 0 Å². The number of nitrogens with one attached hydrogen (secondary N) is 1. The fraction of sp³-hybridized carbons (Fsp3) is 0.640. The van der Waals surface area contributed by atoms with Crippen molar-refractivity contribution in [2.75, 3.05) is 18.0 Å². The van der Waals surface area contributed by atoms with Crippen molar-refractivity contribution in [2.24, 2.45) is 12.5 Å². The van der Waals surface area contributed by atoms with Crippen LogP contribution in [0.1, 0.15) is 54.7 Å². The van der Waals surface area contributed by atoms with Gasteiger partial charge in [0.05, 0.1) is 29.5 Å². The number of nitrogens with zero attached hydrogens (tertiary/aromatic N) is 6. The first-order chi connectivity index (χ1) is 16.3. The molecule has 1 aliphatic heterocycles. The maximum Gasteiger partial charge on any atom is 0.250 e. The highest BCUT2D eigenvalue weighted by Crippen LogP contribution is 2.57. The minimum absolute atomic E-state index is 0.0935. The zero-order valence-electron chi connectivity index (χ0n) is 20.2. The van der Waals surface area contributed by atoms with Crippen molar-refractivity contribution in [3.63, 3.8) is 0 Å². The number of anilines is 1. The summed E-state index contributed by atoms with van der Waals surface area (Å²) >= 11 is 0. The molecule has 0 unspecified atom stereocenters. The molecule has 0 spiro atoms. The lowest BCUT2D eigenvalue weighted by molar-refractivity contribution is 0.129. The molecular weight excluding hydrogens is 436 g/mol. The van der Waals surface area contributed by atoms with Crippen LogP contribution in [0.3, 0.4) is 0 Å². The van der Waals surface area contributed by atoms with Gasteiger partial charge in [-0.15, -0.1) is 0 Å². The van der Waals surface area contributed by atoms with E-state index in [4.69, 9.17) is 5.10 Å². The van der Waals surface area contributed by atoms with Crippen LogP contribution in [0, 0.1) is 19.3 Å². The van der Waals surface area contributed by atoms with Gasteiger partial charge in [-0.2, -0.15) is 10.2 Å². The van der Waals surface area contributed by atoms with E-state index in [0.717, 1.165) is 80.6 Å². The molecular formula is C25H33F2N7. The molecule has 6 rings (SSSR count). The first-order valence-corrected chi connectivity index (χ1v) is 12.4. The van der Waals surface area contributed by atoms with Gasteiger partial charge in [0.1, 0.15) is 0 Å². The van der Waals surface area contributed by atoms with Gasteiger partial charge in [-0.3, -0.25) is 9.36 Å². The zero-order chi connectivity index (χ0) is 23.7. The lowest BCUT2D eigenvalue weighted by atomic mass is 9.84. The number of aromatic nitrogens is 5. The molecule has 3 aromatic rings. The van der Waals surface area contributed by atoms with Crippen molar-refractivity contribution in [2.45, 2.75) is 77.4 Å². The highest BCUT2D eigenvalue weighted by atomic mass is 19.3. The van der Waals surface area contributed by atoms with Crippen molar-refractivity contribution in [3.8, 4) is 0 Å². The van der Waals surface area contributed by atoms with E-state index in [1.807, 2.05) is 24.9 Å². The van der Waals surface area contributed by atoms with E-state index in [1.54, 1.807) is 0 Å². The van der Waals surface area contributed by atoms with Gasteiger partial charge in [-0.1, -0.05) is 0 Å². The highest BCUT2D eigenvalue weighted by molar-refractivity contribution is 5.89. The summed E-state index contributed by atoms with van der Waals surface area (Å²) < 4.78 is 29.7. The molecule has 0 saturated heterocycles. The van der Waals surface area contributed by atoms with Gasteiger partial charge in [0.25, 0.3) is 6.43 Å². The van der Waals surface area contributed by atoms with E-state index in [2.05, 4.69) is 38.0 Å². The number of pyridine rings is 1. The second kappa shape index (κ2) is 7.73. The molecule has 0 radical (unpaired) electrons. The number of rotatable bonds is 6. The van der Waals surface area contributed by atoms with E-state index in [9.17, 15) is 8.78 Å². The molecule has 0 atom stereocenters. The number of alkyl halides is 2. The number of halogens is 2. The van der Waals surface area contributed by atoms with Crippen molar-refractivity contribution in [3.05, 3.63) is 34.9 Å². The molecule has 34 heavy (non-hydrogen) atoms. The second-order valence-corrected chi connectivity index (χ2v) is 10.9. The van der Waals surface area contributed by atoms with Gasteiger partial charge < -0.3 is 10.2 Å². The topological polar surface area (TPSA) is 63.8 Å². The van der Waals surface area contributed by atoms with Crippen LogP contribution in [0.5, 0.6) is 0 Å². The van der Waals surface area contributed by atoms with Gasteiger partial charge in [-0.25, -0.2) is 13.8 Å². The van der Waals surface area contributed by atoms with Crippen LogP contribution in [-0.4, -0.2) is 49.6 Å². The molecule has 4 heterocycles. The Kier molecular flexibility index (Phi) is 4.99. The molecule has 3 aromatic heterocycles. The van der Waals surface area contributed by atoms with E-state index in [1.165, 1.54) is 16.9 Å². The van der Waals surface area contributed by atoms with Crippen LogP contribution in [0.25, 0.3) is 11.0 Å². The van der Waals surface area contributed by atoms with Crippen LogP contribution in [-0.2, 0) is 26.6 Å². The quantitative estimate of drug-likeness (QED) is 0.593. The van der Waals surface area contributed by atoms with Gasteiger partial charge >= 0.3 is 0 Å². The molecule has 2 fully saturated rings. The minimum atomic E-state index is -2.29. The standard InChI is InChI=1S/C25H33F2N7/c1-16-10-21(18-11-29-32(3)23(18)30-16)33-9-4-20-19(13-33)17(2)31-34(20)15-24-5-7-25(14-24,8-6-24)28-12-22(26)27/h10-11,22,28H,4-9,12-15H2,1-3H3. The molecule has 3 aliphatic rings. The van der Waals surface area contributed by atoms with Crippen LogP contribution >= 0.6 is 0 Å². The summed E-state index contributed by atoms with van der Waals surface area (Å²) in [5.41, 5.74) is 6.96. The molecule has 2 aliphatic carbocycles. The maximum atomic E-state index is 12.8. The predicted octanol–water partition coefficient (Wildman–Crippen LogP) is 3.90. The fourth-order valence-electron chi connectivity index (χ4n) is 6.88. The average Bonchev–Trinajstić information content (AvgIpc) is 3.55. The van der Waals surface area contributed by atoms with Gasteiger partial charge in [-0.05, 0) is 57.4 Å². The normalized spacial score (nSPS) is 26.2. The zero-order valence-corrected chi connectivity index (χ0v) is 20.2. The van der Waals surface area contributed by atoms with Crippen LogP contribution in [0.2, 0.25) is 0 Å². The maximum absolute atomic E-state index is 12.8. The summed E-state index contributed by atoms with van der Waals surface area (Å²) in [7, 11) is 1.93. The summed E-state index contributed by atoms with van der Waals surface area (Å²) in [6.45, 7) is 6.63. The van der Waals surface area contributed by atoms with Crippen molar-refractivity contribution in [1.29, 1.82) is 0 Å². The molecule has 1 N–H and O–H groups in total. The fourth-order valence-corrected chi connectivity index (χ4v) is 6.88. The third kappa shape index (κ3) is 3.51. The van der Waals surface area contributed by atoms with E-state index in [-0.39, 0.29) is 17.5 Å². The Bertz CT molecular complexity index is 1240. The van der Waals surface area contributed by atoms with Gasteiger partial charge in [0.15, 0.2) is 5.65 Å². The molecule has 182 valence electrons. The summed E-state index contributed by atoms with van der Waals surface area (Å²) in [6.07, 6.45) is 5.75. The Morgan fingerprint density at radius 2 is 1.97 bits per heavy atom. The molecule has 2 saturated carbocycles. The number of hydrogen-bond acceptors (Lipinski definition) is 5. The lowest BCUT2D eigenvalue weighted by Gasteiger charge is -2.32. The molecule has 7 nitrogen and oxygen atoms in total. The SMILES string of the molecule is Cc1cc(N2CCc3c(c(C)nn3CC34CCC(NCC(F)F)(CC3)C4)C2)c2cnn(C)c2n1. The summed E-state index contributed by atoms with van der Waals surface area (Å²) in [5, 5.41) is 13.7. The average molecular weight is 470 g/mol. The monoisotopic (exact) mass is 469 g/mol. The first kappa shape index (κ1) is 21.9. The third-order valence-electron chi connectivity index (χ3n) is 8.58. The molecule has 0 amide bonds.